The highest BCUT2D eigenvalue weighted by molar-refractivity contribution is 4.89. The van der Waals surface area contributed by atoms with E-state index in [4.69, 9.17) is 5.73 Å². The van der Waals surface area contributed by atoms with E-state index >= 15 is 0 Å². The van der Waals surface area contributed by atoms with Crippen LogP contribution in [-0.2, 0) is 0 Å². The van der Waals surface area contributed by atoms with Crippen molar-refractivity contribution in [1.82, 2.24) is 4.90 Å². The van der Waals surface area contributed by atoms with Gasteiger partial charge in [0.15, 0.2) is 0 Å². The molecule has 1 aliphatic carbocycles. The van der Waals surface area contributed by atoms with Crippen molar-refractivity contribution in [3.8, 4) is 0 Å². The van der Waals surface area contributed by atoms with Crippen LogP contribution < -0.4 is 5.73 Å². The SMILES string of the molecule is CC1CCCCCN1C(CN)C1CCC(C(C)(C)C)CC1. The Morgan fingerprint density at radius 3 is 2.24 bits per heavy atom. The maximum atomic E-state index is 6.23. The van der Waals surface area contributed by atoms with Crippen LogP contribution in [0.2, 0.25) is 0 Å². The van der Waals surface area contributed by atoms with Gasteiger partial charge in [0.05, 0.1) is 0 Å². The van der Waals surface area contributed by atoms with E-state index in [1.165, 1.54) is 57.9 Å². The van der Waals surface area contributed by atoms with Gasteiger partial charge < -0.3 is 5.73 Å². The Labute approximate surface area is 132 Å². The van der Waals surface area contributed by atoms with Crippen molar-refractivity contribution in [2.24, 2.45) is 23.0 Å². The first kappa shape index (κ1) is 17.3. The molecular weight excluding hydrogens is 256 g/mol. The summed E-state index contributed by atoms with van der Waals surface area (Å²) in [6.45, 7) is 11.8. The van der Waals surface area contributed by atoms with Crippen LogP contribution >= 0.6 is 0 Å². The number of hydrogen-bond acceptors (Lipinski definition) is 2. The van der Waals surface area contributed by atoms with Gasteiger partial charge in [-0.2, -0.15) is 0 Å². The topological polar surface area (TPSA) is 29.3 Å². The van der Waals surface area contributed by atoms with Crippen molar-refractivity contribution < 1.29 is 0 Å². The molecule has 1 saturated heterocycles. The predicted molar refractivity (Wildman–Crippen MR) is 92.4 cm³/mol. The molecule has 2 atom stereocenters. The van der Waals surface area contributed by atoms with Crippen molar-refractivity contribution in [2.45, 2.75) is 91.1 Å². The summed E-state index contributed by atoms with van der Waals surface area (Å²) in [6.07, 6.45) is 11.2. The Hall–Kier alpha value is -0.0800. The molecule has 2 fully saturated rings. The van der Waals surface area contributed by atoms with E-state index in [0.29, 0.717) is 11.5 Å². The van der Waals surface area contributed by atoms with Gasteiger partial charge in [0, 0.05) is 18.6 Å². The fraction of sp³-hybridized carbons (Fsp3) is 1.00. The largest absolute Gasteiger partial charge is 0.329 e. The molecule has 1 heterocycles. The quantitative estimate of drug-likeness (QED) is 0.834. The Morgan fingerprint density at radius 1 is 1.00 bits per heavy atom. The number of hydrogen-bond donors (Lipinski definition) is 1. The van der Waals surface area contributed by atoms with Gasteiger partial charge in [-0.25, -0.2) is 0 Å². The van der Waals surface area contributed by atoms with Crippen LogP contribution in [0, 0.1) is 17.3 Å². The minimum absolute atomic E-state index is 0.485. The van der Waals surface area contributed by atoms with Gasteiger partial charge in [-0.1, -0.05) is 33.6 Å². The second-order valence-electron chi connectivity index (χ2n) is 8.72. The molecule has 1 aliphatic heterocycles. The van der Waals surface area contributed by atoms with Gasteiger partial charge in [-0.15, -0.1) is 0 Å². The number of likely N-dealkylation sites (tertiary alicyclic amines) is 1. The molecular formula is C19H38N2. The summed E-state index contributed by atoms with van der Waals surface area (Å²) in [6, 6.07) is 1.38. The summed E-state index contributed by atoms with van der Waals surface area (Å²) >= 11 is 0. The van der Waals surface area contributed by atoms with Crippen LogP contribution in [0.15, 0.2) is 0 Å². The molecule has 0 aromatic heterocycles. The Morgan fingerprint density at radius 2 is 1.67 bits per heavy atom. The molecule has 2 heteroatoms. The Balaban J connectivity index is 1.95. The first-order valence-electron chi connectivity index (χ1n) is 9.39. The zero-order valence-corrected chi connectivity index (χ0v) is 14.9. The minimum Gasteiger partial charge on any atom is -0.329 e. The van der Waals surface area contributed by atoms with E-state index in [9.17, 15) is 0 Å². The van der Waals surface area contributed by atoms with Crippen LogP contribution in [0.4, 0.5) is 0 Å². The van der Waals surface area contributed by atoms with Crippen LogP contribution in [0.1, 0.15) is 79.1 Å². The average Bonchev–Trinajstić information content (AvgIpc) is 2.65. The van der Waals surface area contributed by atoms with Crippen LogP contribution in [0.5, 0.6) is 0 Å². The Bertz CT molecular complexity index is 299. The molecule has 2 nitrogen and oxygen atoms in total. The Kier molecular flexibility index (Phi) is 6.14. The number of nitrogens with zero attached hydrogens (tertiary/aromatic N) is 1. The van der Waals surface area contributed by atoms with Crippen LogP contribution in [0.25, 0.3) is 0 Å². The monoisotopic (exact) mass is 294 g/mol. The van der Waals surface area contributed by atoms with Crippen molar-refractivity contribution in [2.75, 3.05) is 13.1 Å². The third kappa shape index (κ3) is 4.45. The maximum Gasteiger partial charge on any atom is 0.0249 e. The maximum absolute atomic E-state index is 6.23. The normalized spacial score (nSPS) is 34.4. The zero-order chi connectivity index (χ0) is 15.5. The lowest BCUT2D eigenvalue weighted by Crippen LogP contribution is -2.50. The molecule has 0 aromatic carbocycles. The first-order valence-corrected chi connectivity index (χ1v) is 9.39. The van der Waals surface area contributed by atoms with E-state index < -0.39 is 0 Å². The molecule has 0 spiro atoms. The average molecular weight is 295 g/mol. The van der Waals surface area contributed by atoms with E-state index in [0.717, 1.165) is 24.4 Å². The summed E-state index contributed by atoms with van der Waals surface area (Å²) in [4.78, 5) is 2.77. The predicted octanol–water partition coefficient (Wildman–Crippen LogP) is 4.43. The van der Waals surface area contributed by atoms with E-state index in [1.807, 2.05) is 0 Å². The van der Waals surface area contributed by atoms with Crippen molar-refractivity contribution >= 4 is 0 Å². The summed E-state index contributed by atoms with van der Waals surface area (Å²) < 4.78 is 0. The van der Waals surface area contributed by atoms with Gasteiger partial charge in [0.2, 0.25) is 0 Å². The standard InChI is InChI=1S/C19H38N2/c1-15-8-6-5-7-13-21(15)18(14-20)16-9-11-17(12-10-16)19(2,3)4/h15-18H,5-14,20H2,1-4H3. The second-order valence-corrected chi connectivity index (χ2v) is 8.72. The lowest BCUT2D eigenvalue weighted by Gasteiger charge is -2.44. The highest BCUT2D eigenvalue weighted by Gasteiger charge is 2.35. The molecule has 2 unspecified atom stereocenters. The summed E-state index contributed by atoms with van der Waals surface area (Å²) in [7, 11) is 0. The lowest BCUT2D eigenvalue weighted by atomic mass is 9.68. The first-order chi connectivity index (χ1) is 9.93. The molecule has 1 saturated carbocycles. The van der Waals surface area contributed by atoms with Gasteiger partial charge in [0.1, 0.15) is 0 Å². The van der Waals surface area contributed by atoms with Gasteiger partial charge >= 0.3 is 0 Å². The van der Waals surface area contributed by atoms with Crippen molar-refractivity contribution in [1.29, 1.82) is 0 Å². The highest BCUT2D eigenvalue weighted by atomic mass is 15.2. The van der Waals surface area contributed by atoms with E-state index in [2.05, 4.69) is 32.6 Å². The molecule has 21 heavy (non-hydrogen) atoms. The minimum atomic E-state index is 0.485. The molecule has 2 N–H and O–H groups in total. The summed E-state index contributed by atoms with van der Waals surface area (Å²) in [5.74, 6) is 1.75. The third-order valence-electron chi connectivity index (χ3n) is 6.31. The smallest absolute Gasteiger partial charge is 0.0249 e. The fourth-order valence-corrected chi connectivity index (χ4v) is 4.76. The van der Waals surface area contributed by atoms with Crippen LogP contribution in [-0.4, -0.2) is 30.1 Å². The van der Waals surface area contributed by atoms with E-state index in [1.54, 1.807) is 0 Å². The highest BCUT2D eigenvalue weighted by Crippen LogP contribution is 2.41. The molecule has 124 valence electrons. The van der Waals surface area contributed by atoms with Crippen LogP contribution in [0.3, 0.4) is 0 Å². The number of nitrogens with two attached hydrogens (primary N) is 1. The van der Waals surface area contributed by atoms with Gasteiger partial charge in [0.25, 0.3) is 0 Å². The zero-order valence-electron chi connectivity index (χ0n) is 14.9. The number of rotatable bonds is 3. The van der Waals surface area contributed by atoms with E-state index in [-0.39, 0.29) is 0 Å². The van der Waals surface area contributed by atoms with Gasteiger partial charge in [-0.3, -0.25) is 4.90 Å². The van der Waals surface area contributed by atoms with Crippen molar-refractivity contribution in [3.63, 3.8) is 0 Å². The summed E-state index contributed by atoms with van der Waals surface area (Å²) in [5, 5.41) is 0. The van der Waals surface area contributed by atoms with Crippen molar-refractivity contribution in [3.05, 3.63) is 0 Å². The molecule has 0 amide bonds. The lowest BCUT2D eigenvalue weighted by molar-refractivity contribution is 0.0615. The third-order valence-corrected chi connectivity index (χ3v) is 6.31. The molecule has 0 bridgehead atoms. The van der Waals surface area contributed by atoms with Gasteiger partial charge in [-0.05, 0) is 69.2 Å². The summed E-state index contributed by atoms with van der Waals surface area (Å²) in [5.41, 5.74) is 6.71. The molecule has 0 radical (unpaired) electrons. The molecule has 2 aliphatic rings. The second kappa shape index (κ2) is 7.46. The molecule has 2 rings (SSSR count). The fourth-order valence-electron chi connectivity index (χ4n) is 4.76. The molecule has 0 aromatic rings.